The van der Waals surface area contributed by atoms with E-state index in [0.717, 1.165) is 25.9 Å². The molecule has 0 fully saturated rings. The smallest absolute Gasteiger partial charge is 0.254 e. The molecule has 1 aromatic heterocycles. The zero-order valence-electron chi connectivity index (χ0n) is 13.6. The Morgan fingerprint density at radius 3 is 2.52 bits per heavy atom. The van der Waals surface area contributed by atoms with Crippen LogP contribution in [-0.2, 0) is 0 Å². The Balaban J connectivity index is 2.18. The number of pyridine rings is 1. The molecule has 1 amide bonds. The van der Waals surface area contributed by atoms with Gasteiger partial charge in [-0.3, -0.25) is 4.79 Å². The lowest BCUT2D eigenvalue weighted by Gasteiger charge is -2.21. The molecule has 1 aromatic carbocycles. The molecule has 0 saturated carbocycles. The molecule has 0 spiro atoms. The Morgan fingerprint density at radius 2 is 1.87 bits per heavy atom. The number of benzene rings is 1. The van der Waals surface area contributed by atoms with E-state index in [0.29, 0.717) is 17.1 Å². The summed E-state index contributed by atoms with van der Waals surface area (Å²) in [6.45, 7) is 5.55. The fourth-order valence-electron chi connectivity index (χ4n) is 2.37. The first kappa shape index (κ1) is 16.9. The second-order valence-corrected chi connectivity index (χ2v) is 5.33. The lowest BCUT2D eigenvalue weighted by Crippen LogP contribution is -2.32. The third-order valence-corrected chi connectivity index (χ3v) is 3.42. The van der Waals surface area contributed by atoms with E-state index in [9.17, 15) is 9.18 Å². The lowest BCUT2D eigenvalue weighted by molar-refractivity contribution is 0.0755. The lowest BCUT2D eigenvalue weighted by atomic mass is 10.2. The number of rotatable bonds is 7. The number of nitrogens with zero attached hydrogens (tertiary/aromatic N) is 2. The number of carbonyl (C=O) groups excluding carboxylic acids is 1. The van der Waals surface area contributed by atoms with Crippen molar-refractivity contribution in [3.05, 3.63) is 54.0 Å². The highest BCUT2D eigenvalue weighted by molar-refractivity contribution is 5.95. The topological polar surface area (TPSA) is 45.2 Å². The summed E-state index contributed by atoms with van der Waals surface area (Å²) in [6.07, 6.45) is 3.39. The second-order valence-electron chi connectivity index (χ2n) is 5.33. The molecule has 1 heterocycles. The molecular weight excluding hydrogens is 293 g/mol. The van der Waals surface area contributed by atoms with Crippen LogP contribution in [0.5, 0.6) is 0 Å². The maximum Gasteiger partial charge on any atom is 0.254 e. The quantitative estimate of drug-likeness (QED) is 0.832. The van der Waals surface area contributed by atoms with Gasteiger partial charge in [-0.2, -0.15) is 0 Å². The maximum atomic E-state index is 13.7. The van der Waals surface area contributed by atoms with Crippen LogP contribution in [0.25, 0.3) is 0 Å². The molecule has 4 nitrogen and oxygen atoms in total. The summed E-state index contributed by atoms with van der Waals surface area (Å²) in [4.78, 5) is 18.6. The molecule has 0 unspecified atom stereocenters. The van der Waals surface area contributed by atoms with Crippen molar-refractivity contribution in [3.8, 4) is 0 Å². The predicted octanol–water partition coefficient (Wildman–Crippen LogP) is 4.23. The van der Waals surface area contributed by atoms with Crippen LogP contribution in [0.1, 0.15) is 37.0 Å². The van der Waals surface area contributed by atoms with Gasteiger partial charge >= 0.3 is 0 Å². The molecule has 0 radical (unpaired) electrons. The summed E-state index contributed by atoms with van der Waals surface area (Å²) < 4.78 is 13.7. The number of anilines is 2. The van der Waals surface area contributed by atoms with Gasteiger partial charge < -0.3 is 10.2 Å². The number of aromatic nitrogens is 1. The number of amides is 1. The molecular formula is C18H22FN3O. The highest BCUT2D eigenvalue weighted by Crippen LogP contribution is 2.19. The van der Waals surface area contributed by atoms with E-state index in [2.05, 4.69) is 10.3 Å². The Kier molecular flexibility index (Phi) is 6.09. The van der Waals surface area contributed by atoms with Crippen molar-refractivity contribution in [1.29, 1.82) is 0 Å². The summed E-state index contributed by atoms with van der Waals surface area (Å²) >= 11 is 0. The van der Waals surface area contributed by atoms with E-state index in [1.165, 1.54) is 6.07 Å². The SMILES string of the molecule is CCCN(CCC)C(=O)c1ccnc(Nc2ccccc2F)c1. The molecule has 23 heavy (non-hydrogen) atoms. The number of para-hydroxylation sites is 1. The van der Waals surface area contributed by atoms with Crippen molar-refractivity contribution < 1.29 is 9.18 Å². The van der Waals surface area contributed by atoms with E-state index in [4.69, 9.17) is 0 Å². The van der Waals surface area contributed by atoms with Gasteiger partial charge in [-0.15, -0.1) is 0 Å². The third kappa shape index (κ3) is 4.52. The number of hydrogen-bond donors (Lipinski definition) is 1. The molecule has 122 valence electrons. The summed E-state index contributed by atoms with van der Waals surface area (Å²) in [5, 5.41) is 2.91. The molecule has 0 aliphatic carbocycles. The zero-order chi connectivity index (χ0) is 16.7. The molecule has 5 heteroatoms. The second kappa shape index (κ2) is 8.27. The molecule has 0 saturated heterocycles. The van der Waals surface area contributed by atoms with Crippen molar-refractivity contribution in [3.63, 3.8) is 0 Å². The van der Waals surface area contributed by atoms with Crippen LogP contribution in [0, 0.1) is 5.82 Å². The Morgan fingerprint density at radius 1 is 1.17 bits per heavy atom. The minimum atomic E-state index is -0.357. The van der Waals surface area contributed by atoms with E-state index in [-0.39, 0.29) is 11.7 Å². The van der Waals surface area contributed by atoms with Gasteiger partial charge in [0.15, 0.2) is 0 Å². The van der Waals surface area contributed by atoms with Gasteiger partial charge in [0, 0.05) is 24.8 Å². The summed E-state index contributed by atoms with van der Waals surface area (Å²) in [6, 6.07) is 9.72. The number of halogens is 1. The molecule has 0 bridgehead atoms. The van der Waals surface area contributed by atoms with E-state index in [1.54, 1.807) is 36.5 Å². The summed E-state index contributed by atoms with van der Waals surface area (Å²) in [5.41, 5.74) is 0.893. The number of hydrogen-bond acceptors (Lipinski definition) is 3. The predicted molar refractivity (Wildman–Crippen MR) is 90.4 cm³/mol. The van der Waals surface area contributed by atoms with Crippen molar-refractivity contribution >= 4 is 17.4 Å². The third-order valence-electron chi connectivity index (χ3n) is 3.42. The zero-order valence-corrected chi connectivity index (χ0v) is 13.6. The van der Waals surface area contributed by atoms with Gasteiger partial charge in [0.1, 0.15) is 11.6 Å². The van der Waals surface area contributed by atoms with Crippen LogP contribution in [0.2, 0.25) is 0 Å². The van der Waals surface area contributed by atoms with Crippen LogP contribution in [-0.4, -0.2) is 28.9 Å². The van der Waals surface area contributed by atoms with Gasteiger partial charge in [0.05, 0.1) is 5.69 Å². The fraction of sp³-hybridized carbons (Fsp3) is 0.333. The van der Waals surface area contributed by atoms with Crippen molar-refractivity contribution in [1.82, 2.24) is 9.88 Å². The first-order valence-electron chi connectivity index (χ1n) is 7.92. The monoisotopic (exact) mass is 315 g/mol. The van der Waals surface area contributed by atoms with Crippen molar-refractivity contribution in [2.24, 2.45) is 0 Å². The highest BCUT2D eigenvalue weighted by atomic mass is 19.1. The van der Waals surface area contributed by atoms with Crippen molar-refractivity contribution in [2.75, 3.05) is 18.4 Å². The van der Waals surface area contributed by atoms with Gasteiger partial charge in [-0.25, -0.2) is 9.37 Å². The average Bonchev–Trinajstić information content (AvgIpc) is 2.56. The first-order valence-corrected chi connectivity index (χ1v) is 7.92. The molecule has 2 aromatic rings. The Labute approximate surface area is 136 Å². The molecule has 0 atom stereocenters. The largest absolute Gasteiger partial charge is 0.339 e. The van der Waals surface area contributed by atoms with Crippen LogP contribution in [0.4, 0.5) is 15.9 Å². The molecule has 1 N–H and O–H groups in total. The Bertz CT molecular complexity index is 654. The van der Waals surface area contributed by atoms with Crippen molar-refractivity contribution in [2.45, 2.75) is 26.7 Å². The number of carbonyl (C=O) groups is 1. The van der Waals surface area contributed by atoms with Gasteiger partial charge in [-0.05, 0) is 37.1 Å². The minimum absolute atomic E-state index is 0.0207. The average molecular weight is 315 g/mol. The van der Waals surface area contributed by atoms with Crippen LogP contribution >= 0.6 is 0 Å². The van der Waals surface area contributed by atoms with Gasteiger partial charge in [0.25, 0.3) is 5.91 Å². The van der Waals surface area contributed by atoms with E-state index >= 15 is 0 Å². The van der Waals surface area contributed by atoms with E-state index in [1.807, 2.05) is 18.7 Å². The molecule has 2 rings (SSSR count). The first-order chi connectivity index (χ1) is 11.2. The summed E-state index contributed by atoms with van der Waals surface area (Å²) in [7, 11) is 0. The molecule has 0 aliphatic rings. The minimum Gasteiger partial charge on any atom is -0.339 e. The molecule has 0 aliphatic heterocycles. The number of nitrogens with one attached hydrogen (secondary N) is 1. The van der Waals surface area contributed by atoms with Crippen LogP contribution in [0.3, 0.4) is 0 Å². The summed E-state index contributed by atoms with van der Waals surface area (Å²) in [5.74, 6) is 0.0752. The highest BCUT2D eigenvalue weighted by Gasteiger charge is 2.15. The van der Waals surface area contributed by atoms with Crippen LogP contribution < -0.4 is 5.32 Å². The maximum absolute atomic E-state index is 13.7. The van der Waals surface area contributed by atoms with E-state index < -0.39 is 0 Å². The normalized spacial score (nSPS) is 10.4. The van der Waals surface area contributed by atoms with Crippen LogP contribution in [0.15, 0.2) is 42.6 Å². The van der Waals surface area contributed by atoms with Gasteiger partial charge in [0.2, 0.25) is 0 Å². The van der Waals surface area contributed by atoms with Gasteiger partial charge in [-0.1, -0.05) is 26.0 Å². The Hall–Kier alpha value is -2.43. The fourth-order valence-corrected chi connectivity index (χ4v) is 2.37. The standard InChI is InChI=1S/C18H22FN3O/c1-3-11-22(12-4-2)18(23)14-9-10-20-17(13-14)21-16-8-6-5-7-15(16)19/h5-10,13H,3-4,11-12H2,1-2H3,(H,20,21).